The number of hydrogen-bond acceptors (Lipinski definition) is 9. The topological polar surface area (TPSA) is 158 Å². The van der Waals surface area contributed by atoms with Crippen LogP contribution in [-0.2, 0) is 14.4 Å². The molecule has 0 spiro atoms. The first kappa shape index (κ1) is 20.2. The summed E-state index contributed by atoms with van der Waals surface area (Å²) in [6.07, 6.45) is 0. The highest BCUT2D eigenvalue weighted by Crippen LogP contribution is 1.97. The van der Waals surface area contributed by atoms with Gasteiger partial charge in [0.2, 0.25) is 0 Å². The smallest absolute Gasteiger partial charge is 0.265 e. The summed E-state index contributed by atoms with van der Waals surface area (Å²) in [6, 6.07) is 0. The van der Waals surface area contributed by atoms with E-state index in [-0.39, 0.29) is 18.2 Å². The molecule has 0 unspecified atom stereocenters. The molecule has 12 heteroatoms. The lowest BCUT2D eigenvalue weighted by Crippen LogP contribution is -2.46. The van der Waals surface area contributed by atoms with Crippen LogP contribution in [0.5, 0.6) is 0 Å². The van der Waals surface area contributed by atoms with E-state index < -0.39 is 24.3 Å². The van der Waals surface area contributed by atoms with E-state index >= 15 is 0 Å². The van der Waals surface area contributed by atoms with Gasteiger partial charge in [0.1, 0.15) is 6.54 Å². The maximum Gasteiger partial charge on any atom is 0.265 e. The van der Waals surface area contributed by atoms with Crippen LogP contribution in [-0.4, -0.2) is 107 Å². The van der Waals surface area contributed by atoms with Gasteiger partial charge in [0.15, 0.2) is 0 Å². The molecule has 0 aromatic rings. The van der Waals surface area contributed by atoms with Crippen molar-refractivity contribution in [1.29, 1.82) is 0 Å². The van der Waals surface area contributed by atoms with Crippen LogP contribution in [0.2, 0.25) is 0 Å². The fourth-order valence-corrected chi connectivity index (χ4v) is 2.19. The molecule has 0 saturated carbocycles. The Balaban J connectivity index is 2.51. The average Bonchev–Trinajstić information content (AvgIpc) is 2.67. The van der Waals surface area contributed by atoms with Crippen molar-refractivity contribution in [2.45, 2.75) is 0 Å². The summed E-state index contributed by atoms with van der Waals surface area (Å²) >= 11 is 0. The fraction of sp³-hybridized carbons (Fsp3) is 0.750. The van der Waals surface area contributed by atoms with Gasteiger partial charge in [-0.2, -0.15) is 0 Å². The first-order valence-electron chi connectivity index (χ1n) is 7.46. The third-order valence-corrected chi connectivity index (χ3v) is 3.50. The molecular formula is C12H24N6O6. The van der Waals surface area contributed by atoms with Gasteiger partial charge in [-0.25, -0.2) is 16.0 Å². The first-order valence-corrected chi connectivity index (χ1v) is 7.46. The Hall–Kier alpha value is -1.83. The number of rotatable bonds is 6. The lowest BCUT2D eigenvalue weighted by molar-refractivity contribution is -0.171. The molecule has 0 aliphatic carbocycles. The summed E-state index contributed by atoms with van der Waals surface area (Å²) in [5, 5.41) is 29.9. The van der Waals surface area contributed by atoms with Gasteiger partial charge in [0, 0.05) is 39.3 Å². The van der Waals surface area contributed by atoms with Gasteiger partial charge in [0.25, 0.3) is 17.7 Å². The zero-order chi connectivity index (χ0) is 17.9. The van der Waals surface area contributed by atoms with Crippen molar-refractivity contribution in [2.24, 2.45) is 0 Å². The Kier molecular flexibility index (Phi) is 9.14. The Morgan fingerprint density at radius 3 is 2.00 bits per heavy atom. The van der Waals surface area contributed by atoms with Crippen LogP contribution in [0.1, 0.15) is 0 Å². The number of nitrogens with zero attached hydrogens (tertiary/aromatic N) is 3. The van der Waals surface area contributed by atoms with Crippen molar-refractivity contribution >= 4 is 17.7 Å². The lowest BCUT2D eigenvalue weighted by Gasteiger charge is -2.25. The Labute approximate surface area is 138 Å². The molecule has 6 N–H and O–H groups in total. The molecule has 0 radical (unpaired) electrons. The molecule has 1 rings (SSSR count). The Morgan fingerprint density at radius 2 is 1.46 bits per heavy atom. The lowest BCUT2D eigenvalue weighted by atomic mass is 10.4. The third kappa shape index (κ3) is 7.63. The summed E-state index contributed by atoms with van der Waals surface area (Å²) in [5.74, 6) is -2.11. The van der Waals surface area contributed by atoms with Gasteiger partial charge in [-0.15, -0.1) is 0 Å². The van der Waals surface area contributed by atoms with Crippen molar-refractivity contribution in [3.05, 3.63) is 0 Å². The van der Waals surface area contributed by atoms with Gasteiger partial charge in [-0.3, -0.25) is 39.8 Å². The second kappa shape index (κ2) is 10.9. The molecule has 1 aliphatic rings. The normalized spacial score (nSPS) is 17.3. The molecule has 0 aromatic carbocycles. The quantitative estimate of drug-likeness (QED) is 0.211. The van der Waals surface area contributed by atoms with Crippen molar-refractivity contribution < 1.29 is 30.0 Å². The average molecular weight is 348 g/mol. The fourth-order valence-electron chi connectivity index (χ4n) is 2.19. The zero-order valence-corrected chi connectivity index (χ0v) is 13.3. The molecule has 1 saturated heterocycles. The van der Waals surface area contributed by atoms with Gasteiger partial charge < -0.3 is 5.32 Å². The van der Waals surface area contributed by atoms with Gasteiger partial charge in [0.05, 0.1) is 13.1 Å². The summed E-state index contributed by atoms with van der Waals surface area (Å²) in [5.41, 5.74) is 2.91. The van der Waals surface area contributed by atoms with Crippen LogP contribution in [0.4, 0.5) is 0 Å². The molecule has 1 fully saturated rings. The van der Waals surface area contributed by atoms with E-state index in [1.807, 2.05) is 4.90 Å². The molecule has 0 bridgehead atoms. The number of hydrogen-bond donors (Lipinski definition) is 6. The van der Waals surface area contributed by atoms with E-state index in [9.17, 15) is 19.6 Å². The number of carbonyl (C=O) groups excluding carboxylic acids is 3. The minimum Gasteiger partial charge on any atom is -0.314 e. The standard InChI is InChI=1S/C12H24N6O6/c19-10(14-22)7-16-3-1-13-2-4-17(6-5-16)9-12(21)18(24)8-11(20)15-23/h13,22-24H,1-9H2,(H,14,19)(H,15,20). The summed E-state index contributed by atoms with van der Waals surface area (Å²) in [7, 11) is 0. The zero-order valence-electron chi connectivity index (χ0n) is 13.3. The van der Waals surface area contributed by atoms with Crippen molar-refractivity contribution in [3.8, 4) is 0 Å². The minimum atomic E-state index is -0.904. The van der Waals surface area contributed by atoms with Crippen molar-refractivity contribution in [2.75, 3.05) is 58.9 Å². The van der Waals surface area contributed by atoms with E-state index in [1.54, 1.807) is 10.4 Å². The van der Waals surface area contributed by atoms with E-state index in [0.29, 0.717) is 39.3 Å². The molecule has 12 nitrogen and oxygen atoms in total. The third-order valence-electron chi connectivity index (χ3n) is 3.50. The second-order valence-corrected chi connectivity index (χ2v) is 5.32. The van der Waals surface area contributed by atoms with Crippen LogP contribution in [0.3, 0.4) is 0 Å². The summed E-state index contributed by atoms with van der Waals surface area (Å²) < 4.78 is 0. The first-order chi connectivity index (χ1) is 11.5. The number of amides is 3. The summed E-state index contributed by atoms with van der Waals surface area (Å²) in [4.78, 5) is 37.7. The van der Waals surface area contributed by atoms with Crippen LogP contribution in [0.25, 0.3) is 0 Å². The second-order valence-electron chi connectivity index (χ2n) is 5.32. The molecule has 1 heterocycles. The van der Waals surface area contributed by atoms with Gasteiger partial charge >= 0.3 is 0 Å². The van der Waals surface area contributed by atoms with E-state index in [2.05, 4.69) is 5.32 Å². The highest BCUT2D eigenvalue weighted by atomic mass is 16.5. The van der Waals surface area contributed by atoms with E-state index in [4.69, 9.17) is 10.4 Å². The molecular weight excluding hydrogens is 324 g/mol. The molecule has 1 aliphatic heterocycles. The number of carbonyl (C=O) groups is 3. The van der Waals surface area contributed by atoms with Crippen LogP contribution in [0.15, 0.2) is 0 Å². The monoisotopic (exact) mass is 348 g/mol. The predicted octanol–water partition coefficient (Wildman–Crippen LogP) is -3.58. The molecule has 24 heavy (non-hydrogen) atoms. The molecule has 0 atom stereocenters. The number of nitrogens with one attached hydrogen (secondary N) is 3. The predicted molar refractivity (Wildman–Crippen MR) is 79.1 cm³/mol. The highest BCUT2D eigenvalue weighted by Gasteiger charge is 2.20. The van der Waals surface area contributed by atoms with Crippen LogP contribution in [0, 0.1) is 0 Å². The van der Waals surface area contributed by atoms with Crippen LogP contribution < -0.4 is 16.3 Å². The van der Waals surface area contributed by atoms with E-state index in [0.717, 1.165) is 0 Å². The van der Waals surface area contributed by atoms with Crippen molar-refractivity contribution in [3.63, 3.8) is 0 Å². The molecule has 3 amide bonds. The largest absolute Gasteiger partial charge is 0.314 e. The van der Waals surface area contributed by atoms with E-state index in [1.165, 1.54) is 5.48 Å². The Morgan fingerprint density at radius 1 is 0.917 bits per heavy atom. The highest BCUT2D eigenvalue weighted by molar-refractivity contribution is 5.84. The Bertz CT molecular complexity index is 436. The molecule has 0 aromatic heterocycles. The van der Waals surface area contributed by atoms with Crippen LogP contribution >= 0.6 is 0 Å². The van der Waals surface area contributed by atoms with Gasteiger partial charge in [-0.1, -0.05) is 0 Å². The maximum atomic E-state index is 11.9. The maximum absolute atomic E-state index is 11.9. The molecule has 138 valence electrons. The minimum absolute atomic E-state index is 0.0305. The summed E-state index contributed by atoms with van der Waals surface area (Å²) in [6.45, 7) is 2.64. The van der Waals surface area contributed by atoms with Gasteiger partial charge in [-0.05, 0) is 0 Å². The van der Waals surface area contributed by atoms with Crippen molar-refractivity contribution in [1.82, 2.24) is 31.1 Å². The SMILES string of the molecule is O=C(CN1CCNCCN(CC(=O)N(O)CC(=O)NO)CC1)NO. The number of hydroxylamine groups is 4.